The Bertz CT molecular complexity index is 1390. The number of benzene rings is 1. The van der Waals surface area contributed by atoms with Gasteiger partial charge in [0.05, 0.1) is 25.4 Å². The number of para-hydroxylation sites is 1. The molecule has 2 heterocycles. The molecule has 46 heavy (non-hydrogen) atoms. The van der Waals surface area contributed by atoms with Crippen molar-refractivity contribution in [3.8, 4) is 11.6 Å². The topological polar surface area (TPSA) is 173 Å². The van der Waals surface area contributed by atoms with Crippen LogP contribution in [0.15, 0.2) is 36.4 Å². The lowest BCUT2D eigenvalue weighted by Crippen LogP contribution is -2.56. The quantitative estimate of drug-likeness (QED) is 0.290. The van der Waals surface area contributed by atoms with E-state index in [0.717, 1.165) is 12.8 Å². The molecule has 1 aromatic carbocycles. The molecule has 0 radical (unpaired) electrons. The molecule has 2 aliphatic rings. The minimum Gasteiger partial charge on any atom is -0.481 e. The number of hydrogen-bond donors (Lipinski definition) is 2. The zero-order chi connectivity index (χ0) is 33.3. The zero-order valence-electron chi connectivity index (χ0n) is 26.5. The normalized spacial score (nSPS) is 16.5. The summed E-state index contributed by atoms with van der Waals surface area (Å²) in [6, 6.07) is 9.28. The van der Waals surface area contributed by atoms with Crippen LogP contribution < -0.4 is 10.1 Å². The fourth-order valence-corrected chi connectivity index (χ4v) is 5.37. The number of hydroxylamine groups is 2. The number of carbonyl (C=O) groups excluding carboxylic acids is 4. The van der Waals surface area contributed by atoms with E-state index in [1.165, 1.54) is 20.7 Å². The molecule has 0 unspecified atom stereocenters. The summed E-state index contributed by atoms with van der Waals surface area (Å²) in [5, 5.41) is 17.8. The molecule has 2 aromatic rings. The molecule has 0 spiro atoms. The fraction of sp³-hybridized carbons (Fsp3) is 0.548. The van der Waals surface area contributed by atoms with Gasteiger partial charge in [-0.05, 0) is 51.2 Å². The van der Waals surface area contributed by atoms with Crippen LogP contribution >= 0.6 is 0 Å². The van der Waals surface area contributed by atoms with Crippen molar-refractivity contribution < 1.29 is 43.4 Å². The number of nitrogens with one attached hydrogen (secondary N) is 1. The van der Waals surface area contributed by atoms with Crippen molar-refractivity contribution in [2.75, 3.05) is 46.4 Å². The predicted molar refractivity (Wildman–Crippen MR) is 163 cm³/mol. The van der Waals surface area contributed by atoms with Crippen molar-refractivity contribution in [3.63, 3.8) is 0 Å². The van der Waals surface area contributed by atoms with E-state index in [1.54, 1.807) is 43.1 Å². The van der Waals surface area contributed by atoms with Gasteiger partial charge in [-0.1, -0.05) is 25.1 Å². The van der Waals surface area contributed by atoms with Gasteiger partial charge < -0.3 is 34.5 Å². The van der Waals surface area contributed by atoms with E-state index in [-0.39, 0.29) is 63.1 Å². The molecular formula is C31H42N6O9. The van der Waals surface area contributed by atoms with Crippen molar-refractivity contribution in [2.24, 2.45) is 0 Å². The van der Waals surface area contributed by atoms with Crippen LogP contribution in [0.1, 0.15) is 62.9 Å². The largest absolute Gasteiger partial charge is 0.527 e. The fourth-order valence-electron chi connectivity index (χ4n) is 5.37. The summed E-state index contributed by atoms with van der Waals surface area (Å²) in [7, 11) is 1.74. The summed E-state index contributed by atoms with van der Waals surface area (Å²) in [5.41, 5.74) is -0.547. The highest BCUT2D eigenvalue weighted by molar-refractivity contribution is 5.96. The van der Waals surface area contributed by atoms with Crippen LogP contribution in [0.5, 0.6) is 5.88 Å². The van der Waals surface area contributed by atoms with Crippen molar-refractivity contribution in [3.05, 3.63) is 42.1 Å². The molecule has 1 aliphatic heterocycles. The van der Waals surface area contributed by atoms with Crippen LogP contribution in [-0.4, -0.2) is 118 Å². The van der Waals surface area contributed by atoms with Crippen molar-refractivity contribution in [1.29, 1.82) is 0 Å². The Kier molecular flexibility index (Phi) is 11.6. The highest BCUT2D eigenvalue weighted by atomic mass is 16.8. The van der Waals surface area contributed by atoms with Gasteiger partial charge in [0.25, 0.3) is 11.8 Å². The highest BCUT2D eigenvalue weighted by Crippen LogP contribution is 2.39. The molecule has 15 nitrogen and oxygen atoms in total. The van der Waals surface area contributed by atoms with Gasteiger partial charge in [-0.15, -0.1) is 5.06 Å². The Morgan fingerprint density at radius 3 is 2.35 bits per heavy atom. The third kappa shape index (κ3) is 8.33. The number of ether oxygens (including phenoxy) is 2. The number of nitrogens with zero attached hydrogens (tertiary/aromatic N) is 5. The minimum absolute atomic E-state index is 0.0662. The summed E-state index contributed by atoms with van der Waals surface area (Å²) < 4.78 is 12.6. The first-order chi connectivity index (χ1) is 22.1. The maximum Gasteiger partial charge on any atom is 0.527 e. The van der Waals surface area contributed by atoms with Gasteiger partial charge in [0.1, 0.15) is 6.04 Å². The lowest BCUT2D eigenvalue weighted by atomic mass is 9.78. The molecule has 1 saturated heterocycles. The first-order valence-electron chi connectivity index (χ1n) is 15.6. The highest BCUT2D eigenvalue weighted by Gasteiger charge is 2.49. The number of likely N-dealkylation sites (N-methyl/N-ethyl adjacent to an activating group) is 1. The second kappa shape index (κ2) is 15.6. The molecule has 1 aliphatic carbocycles. The van der Waals surface area contributed by atoms with Gasteiger partial charge in [-0.3, -0.25) is 19.2 Å². The standard InChI is InChI=1S/C31H42N6O9/c1-4-16-34(3)29(42)31(14-9-15-31)45-25-21-24(33-37(25)22-10-7-6-8-11-22)27(40)32-23(12-13-26(38)39)28(41)35-17-19-36(20-18-35)46-30(43)44-5-2/h6-8,10-11,21,23H,4-5,9,12-20H2,1-3H3,(H,32,40)(H,38,39)/t23-/m0/s1. The Balaban J connectivity index is 1.53. The summed E-state index contributed by atoms with van der Waals surface area (Å²) in [4.78, 5) is 71.8. The van der Waals surface area contributed by atoms with Gasteiger partial charge in [0, 0.05) is 39.2 Å². The van der Waals surface area contributed by atoms with Crippen molar-refractivity contribution in [1.82, 2.24) is 30.0 Å². The van der Waals surface area contributed by atoms with E-state index in [2.05, 4.69) is 10.4 Å². The number of hydrogen-bond acceptors (Lipinski definition) is 10. The van der Waals surface area contributed by atoms with Crippen LogP contribution in [0.25, 0.3) is 5.69 Å². The van der Waals surface area contributed by atoms with E-state index in [1.807, 2.05) is 13.0 Å². The molecule has 1 saturated carbocycles. The van der Waals surface area contributed by atoms with Crippen molar-refractivity contribution >= 4 is 29.8 Å². The molecule has 1 atom stereocenters. The van der Waals surface area contributed by atoms with E-state index >= 15 is 0 Å². The maximum absolute atomic E-state index is 13.6. The molecule has 2 fully saturated rings. The number of piperazine rings is 1. The average molecular weight is 643 g/mol. The van der Waals surface area contributed by atoms with Gasteiger partial charge in [0.15, 0.2) is 11.3 Å². The summed E-state index contributed by atoms with van der Waals surface area (Å²) in [5.74, 6) is -2.24. The average Bonchev–Trinajstić information content (AvgIpc) is 3.45. The molecule has 0 bridgehead atoms. The Morgan fingerprint density at radius 2 is 1.76 bits per heavy atom. The van der Waals surface area contributed by atoms with Crippen LogP contribution in [0.2, 0.25) is 0 Å². The second-order valence-corrected chi connectivity index (χ2v) is 11.3. The summed E-state index contributed by atoms with van der Waals surface area (Å²) >= 11 is 0. The van der Waals surface area contributed by atoms with Crippen molar-refractivity contribution in [2.45, 2.75) is 64.0 Å². The first-order valence-corrected chi connectivity index (χ1v) is 15.6. The van der Waals surface area contributed by atoms with E-state index in [0.29, 0.717) is 25.1 Å². The third-order valence-electron chi connectivity index (χ3n) is 7.93. The van der Waals surface area contributed by atoms with E-state index in [9.17, 15) is 29.1 Å². The second-order valence-electron chi connectivity index (χ2n) is 11.3. The number of aliphatic carboxylic acids is 1. The molecule has 250 valence electrons. The van der Waals surface area contributed by atoms with Crippen LogP contribution in [0.4, 0.5) is 4.79 Å². The first kappa shape index (κ1) is 34.2. The molecule has 15 heteroatoms. The Labute approximate surface area is 267 Å². The maximum atomic E-state index is 13.6. The van der Waals surface area contributed by atoms with Crippen LogP contribution in [-0.2, 0) is 24.0 Å². The third-order valence-corrected chi connectivity index (χ3v) is 7.93. The van der Waals surface area contributed by atoms with Crippen LogP contribution in [0, 0.1) is 0 Å². The SMILES string of the molecule is CCCN(C)C(=O)C1(Oc2cc(C(=O)N[C@@H](CCC(=O)O)C(=O)N3CCN(OC(=O)OCC)CC3)nn2-c2ccccc2)CCC1. The molecule has 2 N–H and O–H groups in total. The Morgan fingerprint density at radius 1 is 1.07 bits per heavy atom. The lowest BCUT2D eigenvalue weighted by Gasteiger charge is -2.42. The number of carboxylic acid groups (broad SMARTS) is 1. The Hall–Kier alpha value is -4.66. The number of carboxylic acids is 1. The van der Waals surface area contributed by atoms with Gasteiger partial charge >= 0.3 is 12.1 Å². The molecular weight excluding hydrogens is 600 g/mol. The lowest BCUT2D eigenvalue weighted by molar-refractivity contribution is -0.157. The van der Waals surface area contributed by atoms with E-state index < -0.39 is 35.6 Å². The predicted octanol–water partition coefficient (Wildman–Crippen LogP) is 2.24. The smallest absolute Gasteiger partial charge is 0.481 e. The van der Waals surface area contributed by atoms with Gasteiger partial charge in [-0.25, -0.2) is 9.48 Å². The molecule has 3 amide bonds. The van der Waals surface area contributed by atoms with Crippen LogP contribution in [0.3, 0.4) is 0 Å². The number of amides is 3. The number of rotatable bonds is 14. The zero-order valence-corrected chi connectivity index (χ0v) is 26.5. The van der Waals surface area contributed by atoms with Gasteiger partial charge in [-0.2, -0.15) is 5.10 Å². The summed E-state index contributed by atoms with van der Waals surface area (Å²) in [6.07, 6.45) is 1.30. The minimum atomic E-state index is -1.16. The number of carbonyl (C=O) groups is 5. The molecule has 1 aromatic heterocycles. The number of aromatic nitrogens is 2. The summed E-state index contributed by atoms with van der Waals surface area (Å²) in [6.45, 7) is 5.16. The molecule has 4 rings (SSSR count). The monoisotopic (exact) mass is 642 g/mol. The van der Waals surface area contributed by atoms with Gasteiger partial charge in [0.2, 0.25) is 11.8 Å². The van der Waals surface area contributed by atoms with E-state index in [4.69, 9.17) is 14.3 Å².